The minimum absolute atomic E-state index is 0.0456. The molecule has 2 aromatic rings. The van der Waals surface area contributed by atoms with E-state index in [-0.39, 0.29) is 5.91 Å². The summed E-state index contributed by atoms with van der Waals surface area (Å²) in [4.78, 5) is 14.5. The van der Waals surface area contributed by atoms with Crippen molar-refractivity contribution in [1.29, 1.82) is 0 Å². The third-order valence-electron chi connectivity index (χ3n) is 3.14. The van der Waals surface area contributed by atoms with Gasteiger partial charge in [-0.1, -0.05) is 12.1 Å². The topological polar surface area (TPSA) is 38.8 Å². The van der Waals surface area contributed by atoms with Crippen LogP contribution in [0.25, 0.3) is 0 Å². The van der Waals surface area contributed by atoms with Gasteiger partial charge < -0.3 is 14.4 Å². The Balaban J connectivity index is 2.20. The molecule has 1 amide bonds. The Hall–Kier alpha value is -1.85. The predicted molar refractivity (Wildman–Crippen MR) is 83.9 cm³/mol. The zero-order valence-electron chi connectivity index (χ0n) is 12.2. The van der Waals surface area contributed by atoms with Crippen molar-refractivity contribution in [2.75, 3.05) is 27.4 Å². The van der Waals surface area contributed by atoms with Crippen LogP contribution >= 0.6 is 11.3 Å². The second-order valence-electron chi connectivity index (χ2n) is 4.55. The summed E-state index contributed by atoms with van der Waals surface area (Å²) in [6.07, 6.45) is 0. The van der Waals surface area contributed by atoms with E-state index in [1.807, 2.05) is 23.6 Å². The Kier molecular flexibility index (Phi) is 5.78. The first kappa shape index (κ1) is 15.5. The van der Waals surface area contributed by atoms with Gasteiger partial charge in [0.25, 0.3) is 5.91 Å². The number of nitrogens with zero attached hydrogens (tertiary/aromatic N) is 1. The molecule has 0 N–H and O–H groups in total. The number of ether oxygens (including phenoxy) is 2. The van der Waals surface area contributed by atoms with E-state index in [4.69, 9.17) is 9.47 Å². The minimum Gasteiger partial charge on any atom is -0.496 e. The van der Waals surface area contributed by atoms with Gasteiger partial charge in [-0.15, -0.1) is 0 Å². The zero-order valence-corrected chi connectivity index (χ0v) is 13.1. The van der Waals surface area contributed by atoms with Gasteiger partial charge in [0.15, 0.2) is 0 Å². The molecule has 0 unspecified atom stereocenters. The van der Waals surface area contributed by atoms with Crippen molar-refractivity contribution < 1.29 is 14.3 Å². The van der Waals surface area contributed by atoms with Crippen molar-refractivity contribution in [2.45, 2.75) is 6.54 Å². The van der Waals surface area contributed by atoms with Gasteiger partial charge in [0.2, 0.25) is 0 Å². The van der Waals surface area contributed by atoms with Crippen molar-refractivity contribution in [3.05, 3.63) is 52.2 Å². The number of methoxy groups -OCH3 is 2. The molecule has 1 aromatic carbocycles. The second-order valence-corrected chi connectivity index (χ2v) is 5.33. The van der Waals surface area contributed by atoms with Gasteiger partial charge in [-0.25, -0.2) is 0 Å². The lowest BCUT2D eigenvalue weighted by atomic mass is 10.1. The van der Waals surface area contributed by atoms with Crippen molar-refractivity contribution in [1.82, 2.24) is 4.90 Å². The SMILES string of the molecule is COCCN(Cc1ccsc1)C(=O)c1ccccc1OC. The highest BCUT2D eigenvalue weighted by Gasteiger charge is 2.19. The number of carbonyl (C=O) groups is 1. The highest BCUT2D eigenvalue weighted by molar-refractivity contribution is 7.07. The molecule has 0 aliphatic carbocycles. The Morgan fingerprint density at radius 1 is 1.24 bits per heavy atom. The molecule has 0 saturated carbocycles. The Morgan fingerprint density at radius 2 is 2.05 bits per heavy atom. The largest absolute Gasteiger partial charge is 0.496 e. The maximum Gasteiger partial charge on any atom is 0.257 e. The second kappa shape index (κ2) is 7.81. The van der Waals surface area contributed by atoms with Crippen molar-refractivity contribution in [2.24, 2.45) is 0 Å². The van der Waals surface area contributed by atoms with Crippen LogP contribution in [-0.2, 0) is 11.3 Å². The molecule has 0 aliphatic heterocycles. The highest BCUT2D eigenvalue weighted by atomic mass is 32.1. The summed E-state index contributed by atoms with van der Waals surface area (Å²) >= 11 is 1.63. The van der Waals surface area contributed by atoms with Crippen LogP contribution in [-0.4, -0.2) is 38.2 Å². The smallest absolute Gasteiger partial charge is 0.257 e. The van der Waals surface area contributed by atoms with Gasteiger partial charge in [-0.05, 0) is 34.5 Å². The lowest BCUT2D eigenvalue weighted by Crippen LogP contribution is -2.33. The number of rotatable bonds is 7. The maximum atomic E-state index is 12.8. The third-order valence-corrected chi connectivity index (χ3v) is 3.88. The number of carbonyl (C=O) groups excluding carboxylic acids is 1. The van der Waals surface area contributed by atoms with Crippen LogP contribution in [0.2, 0.25) is 0 Å². The van der Waals surface area contributed by atoms with Crippen LogP contribution < -0.4 is 4.74 Å². The Morgan fingerprint density at radius 3 is 2.71 bits per heavy atom. The summed E-state index contributed by atoms with van der Waals surface area (Å²) in [7, 11) is 3.21. The van der Waals surface area contributed by atoms with Crippen LogP contribution in [0.1, 0.15) is 15.9 Å². The molecular formula is C16H19NO3S. The van der Waals surface area contributed by atoms with Crippen molar-refractivity contribution in [3.63, 3.8) is 0 Å². The maximum absolute atomic E-state index is 12.8. The zero-order chi connectivity index (χ0) is 15.1. The number of para-hydroxylation sites is 1. The average Bonchev–Trinajstić information content (AvgIpc) is 3.03. The van der Waals surface area contributed by atoms with Crippen LogP contribution in [0.3, 0.4) is 0 Å². The molecule has 0 spiro atoms. The molecule has 0 aliphatic rings. The number of amides is 1. The number of thiophene rings is 1. The van der Waals surface area contributed by atoms with E-state index < -0.39 is 0 Å². The van der Waals surface area contributed by atoms with Gasteiger partial charge in [0.1, 0.15) is 5.75 Å². The van der Waals surface area contributed by atoms with Crippen molar-refractivity contribution in [3.8, 4) is 5.75 Å². The molecule has 0 radical (unpaired) electrons. The molecule has 112 valence electrons. The highest BCUT2D eigenvalue weighted by Crippen LogP contribution is 2.20. The molecule has 0 bridgehead atoms. The summed E-state index contributed by atoms with van der Waals surface area (Å²) in [5.74, 6) is 0.547. The lowest BCUT2D eigenvalue weighted by molar-refractivity contribution is 0.0677. The summed E-state index contributed by atoms with van der Waals surface area (Å²) in [6.45, 7) is 1.62. The van der Waals surface area contributed by atoms with Gasteiger partial charge >= 0.3 is 0 Å². The van der Waals surface area contributed by atoms with Crippen LogP contribution in [0.4, 0.5) is 0 Å². The fourth-order valence-electron chi connectivity index (χ4n) is 2.05. The van der Waals surface area contributed by atoms with Gasteiger partial charge in [-0.3, -0.25) is 4.79 Å². The van der Waals surface area contributed by atoms with Crippen LogP contribution in [0.5, 0.6) is 5.75 Å². The molecule has 0 saturated heterocycles. The van der Waals surface area contributed by atoms with E-state index in [1.165, 1.54) is 0 Å². The van der Waals surface area contributed by atoms with Crippen molar-refractivity contribution >= 4 is 17.2 Å². The molecule has 5 heteroatoms. The molecule has 0 atom stereocenters. The van der Waals surface area contributed by atoms with Gasteiger partial charge in [0.05, 0.1) is 19.3 Å². The number of hydrogen-bond acceptors (Lipinski definition) is 4. The van der Waals surface area contributed by atoms with E-state index in [1.54, 1.807) is 42.6 Å². The number of benzene rings is 1. The molecule has 21 heavy (non-hydrogen) atoms. The molecule has 4 nitrogen and oxygen atoms in total. The first-order chi connectivity index (χ1) is 10.3. The van der Waals surface area contributed by atoms with Crippen LogP contribution in [0.15, 0.2) is 41.1 Å². The molecule has 1 heterocycles. The quantitative estimate of drug-likeness (QED) is 0.789. The molecule has 1 aromatic heterocycles. The third kappa shape index (κ3) is 4.06. The average molecular weight is 305 g/mol. The molecular weight excluding hydrogens is 286 g/mol. The monoisotopic (exact) mass is 305 g/mol. The van der Waals surface area contributed by atoms with E-state index >= 15 is 0 Å². The van der Waals surface area contributed by atoms with E-state index in [9.17, 15) is 4.79 Å². The van der Waals surface area contributed by atoms with E-state index in [0.29, 0.717) is 31.0 Å². The number of hydrogen-bond donors (Lipinski definition) is 0. The fourth-order valence-corrected chi connectivity index (χ4v) is 2.71. The molecule has 0 fully saturated rings. The standard InChI is InChI=1S/C16H19NO3S/c1-19-9-8-17(11-13-7-10-21-12-13)16(18)14-5-3-4-6-15(14)20-2/h3-7,10,12H,8-9,11H2,1-2H3. The van der Waals surface area contributed by atoms with Crippen LogP contribution in [0, 0.1) is 0 Å². The Bertz CT molecular complexity index is 569. The summed E-state index contributed by atoms with van der Waals surface area (Å²) in [5.41, 5.74) is 1.70. The van der Waals surface area contributed by atoms with E-state index in [0.717, 1.165) is 5.56 Å². The minimum atomic E-state index is -0.0456. The first-order valence-electron chi connectivity index (χ1n) is 6.68. The normalized spacial score (nSPS) is 10.4. The summed E-state index contributed by atoms with van der Waals surface area (Å²) in [6, 6.07) is 9.31. The fraction of sp³-hybridized carbons (Fsp3) is 0.312. The summed E-state index contributed by atoms with van der Waals surface area (Å²) in [5, 5.41) is 4.06. The molecule has 2 rings (SSSR count). The van der Waals surface area contributed by atoms with Gasteiger partial charge in [0, 0.05) is 20.2 Å². The predicted octanol–water partition coefficient (Wildman–Crippen LogP) is 3.05. The Labute approximate surface area is 128 Å². The first-order valence-corrected chi connectivity index (χ1v) is 7.63. The summed E-state index contributed by atoms with van der Waals surface area (Å²) < 4.78 is 10.4. The van der Waals surface area contributed by atoms with E-state index in [2.05, 4.69) is 5.38 Å². The lowest BCUT2D eigenvalue weighted by Gasteiger charge is -2.23. The van der Waals surface area contributed by atoms with Gasteiger partial charge in [-0.2, -0.15) is 11.3 Å².